The Morgan fingerprint density at radius 2 is 1.96 bits per heavy atom. The number of aliphatic hydroxyl groups excluding tert-OH is 2. The van der Waals surface area contributed by atoms with Crippen LogP contribution < -0.4 is 5.32 Å². The number of carbonyl (C=O) groups is 2. The van der Waals surface area contributed by atoms with Crippen LogP contribution in [0.2, 0.25) is 0 Å². The van der Waals surface area contributed by atoms with Crippen LogP contribution in [0.5, 0.6) is 0 Å². The molecule has 1 aromatic carbocycles. The molecule has 1 aliphatic carbocycles. The van der Waals surface area contributed by atoms with Gasteiger partial charge in [0.25, 0.3) is 5.91 Å². The fraction of sp³-hybridized carbons (Fsp3) is 0.600. The summed E-state index contributed by atoms with van der Waals surface area (Å²) in [6.45, 7) is 2.58. The first-order valence-corrected chi connectivity index (χ1v) is 9.49. The van der Waals surface area contributed by atoms with E-state index in [1.54, 1.807) is 17.0 Å². The monoisotopic (exact) mass is 360 g/mol. The molecule has 0 radical (unpaired) electrons. The zero-order valence-electron chi connectivity index (χ0n) is 15.3. The van der Waals surface area contributed by atoms with E-state index in [0.717, 1.165) is 31.2 Å². The smallest absolute Gasteiger partial charge is 0.254 e. The number of aryl methyl sites for hydroxylation is 1. The van der Waals surface area contributed by atoms with Crippen molar-refractivity contribution in [3.05, 3.63) is 29.3 Å². The predicted molar refractivity (Wildman–Crippen MR) is 98.9 cm³/mol. The van der Waals surface area contributed by atoms with Gasteiger partial charge in [-0.3, -0.25) is 9.59 Å². The molecule has 2 atom stereocenters. The molecule has 3 rings (SSSR count). The number of nitrogens with zero attached hydrogens (tertiary/aromatic N) is 1. The van der Waals surface area contributed by atoms with E-state index in [1.165, 1.54) is 0 Å². The summed E-state index contributed by atoms with van der Waals surface area (Å²) >= 11 is 0. The number of aliphatic hydroxyl groups is 2. The number of benzene rings is 1. The molecule has 0 spiro atoms. The quantitative estimate of drug-likeness (QED) is 0.765. The SMILES string of the molecule is Cc1ccc(C(=O)N2CC[C@H](CO)[C@H](O)C2)cc1NC(=O)C1CCCC1. The fourth-order valence-electron chi connectivity index (χ4n) is 3.87. The normalized spacial score (nSPS) is 23.9. The van der Waals surface area contributed by atoms with Gasteiger partial charge in [0.2, 0.25) is 5.91 Å². The number of rotatable bonds is 4. The van der Waals surface area contributed by atoms with E-state index in [-0.39, 0.29) is 36.8 Å². The van der Waals surface area contributed by atoms with E-state index in [2.05, 4.69) is 5.32 Å². The molecule has 1 saturated heterocycles. The molecule has 26 heavy (non-hydrogen) atoms. The minimum atomic E-state index is -0.704. The lowest BCUT2D eigenvalue weighted by Crippen LogP contribution is -2.47. The topological polar surface area (TPSA) is 89.9 Å². The molecule has 2 fully saturated rings. The summed E-state index contributed by atoms with van der Waals surface area (Å²) < 4.78 is 0. The van der Waals surface area contributed by atoms with Gasteiger partial charge in [0, 0.05) is 42.8 Å². The van der Waals surface area contributed by atoms with Gasteiger partial charge in [0.15, 0.2) is 0 Å². The van der Waals surface area contributed by atoms with Gasteiger partial charge in [-0.15, -0.1) is 0 Å². The first-order valence-electron chi connectivity index (χ1n) is 9.49. The van der Waals surface area contributed by atoms with Crippen LogP contribution >= 0.6 is 0 Å². The van der Waals surface area contributed by atoms with E-state index < -0.39 is 6.10 Å². The van der Waals surface area contributed by atoms with Crippen LogP contribution in [0.4, 0.5) is 5.69 Å². The van der Waals surface area contributed by atoms with E-state index in [1.807, 2.05) is 13.0 Å². The molecule has 0 bridgehead atoms. The number of β-amino-alcohol motifs (C(OH)–C–C–N with tert-alkyl or cyclic N) is 1. The maximum absolute atomic E-state index is 12.8. The molecule has 2 aliphatic rings. The zero-order valence-corrected chi connectivity index (χ0v) is 15.3. The highest BCUT2D eigenvalue weighted by atomic mass is 16.3. The maximum Gasteiger partial charge on any atom is 0.254 e. The van der Waals surface area contributed by atoms with Gasteiger partial charge >= 0.3 is 0 Å². The highest BCUT2D eigenvalue weighted by Gasteiger charge is 2.30. The fourth-order valence-corrected chi connectivity index (χ4v) is 3.87. The van der Waals surface area contributed by atoms with Crippen LogP contribution in [0.1, 0.15) is 48.0 Å². The number of nitrogens with one attached hydrogen (secondary N) is 1. The van der Waals surface area contributed by atoms with Gasteiger partial charge in [-0.2, -0.15) is 0 Å². The van der Waals surface area contributed by atoms with E-state index in [9.17, 15) is 19.8 Å². The molecule has 2 amide bonds. The number of hydrogen-bond acceptors (Lipinski definition) is 4. The molecule has 1 aliphatic heterocycles. The lowest BCUT2D eigenvalue weighted by Gasteiger charge is -2.35. The largest absolute Gasteiger partial charge is 0.396 e. The van der Waals surface area contributed by atoms with Crippen molar-refractivity contribution in [1.29, 1.82) is 0 Å². The minimum absolute atomic E-state index is 0.0365. The standard InChI is InChI=1S/C20H28N2O4/c1-13-6-7-15(10-17(13)21-19(25)14-4-2-3-5-14)20(26)22-9-8-16(12-23)18(24)11-22/h6-7,10,14,16,18,23-24H,2-5,8-9,11-12H2,1H3,(H,21,25)/t16-,18-/m1/s1. The Morgan fingerprint density at radius 1 is 1.23 bits per heavy atom. The number of carbonyl (C=O) groups excluding carboxylic acids is 2. The summed E-state index contributed by atoms with van der Waals surface area (Å²) in [5, 5.41) is 22.3. The molecule has 1 aromatic rings. The summed E-state index contributed by atoms with van der Waals surface area (Å²) in [7, 11) is 0. The molecule has 142 valence electrons. The average Bonchev–Trinajstić information content (AvgIpc) is 3.17. The maximum atomic E-state index is 12.8. The van der Waals surface area contributed by atoms with Crippen molar-refractivity contribution < 1.29 is 19.8 Å². The summed E-state index contributed by atoms with van der Waals surface area (Å²) in [6.07, 6.45) is 3.94. The van der Waals surface area contributed by atoms with Crippen LogP contribution in [-0.2, 0) is 4.79 Å². The second kappa shape index (κ2) is 8.18. The number of anilines is 1. The molecule has 6 heteroatoms. The van der Waals surface area contributed by atoms with E-state index in [4.69, 9.17) is 0 Å². The van der Waals surface area contributed by atoms with Crippen LogP contribution in [0.3, 0.4) is 0 Å². The third-order valence-electron chi connectivity index (χ3n) is 5.71. The van der Waals surface area contributed by atoms with Gasteiger partial charge in [-0.1, -0.05) is 18.9 Å². The Morgan fingerprint density at radius 3 is 2.62 bits per heavy atom. The van der Waals surface area contributed by atoms with Crippen LogP contribution in [0, 0.1) is 18.8 Å². The number of piperidine rings is 1. The van der Waals surface area contributed by atoms with E-state index in [0.29, 0.717) is 24.2 Å². The predicted octanol–water partition coefficient (Wildman–Crippen LogP) is 1.94. The first kappa shape index (κ1) is 18.9. The molecular weight excluding hydrogens is 332 g/mol. The highest BCUT2D eigenvalue weighted by Crippen LogP contribution is 2.27. The number of hydrogen-bond donors (Lipinski definition) is 3. The Hall–Kier alpha value is -1.92. The molecule has 3 N–H and O–H groups in total. The van der Waals surface area contributed by atoms with Gasteiger partial charge in [-0.05, 0) is 43.9 Å². The van der Waals surface area contributed by atoms with Crippen molar-refractivity contribution in [1.82, 2.24) is 4.90 Å². The molecule has 6 nitrogen and oxygen atoms in total. The summed E-state index contributed by atoms with van der Waals surface area (Å²) in [5.41, 5.74) is 2.11. The van der Waals surface area contributed by atoms with Crippen LogP contribution in [0.25, 0.3) is 0 Å². The van der Waals surface area contributed by atoms with Gasteiger partial charge in [0.05, 0.1) is 6.10 Å². The minimum Gasteiger partial charge on any atom is -0.396 e. The van der Waals surface area contributed by atoms with Crippen LogP contribution in [0.15, 0.2) is 18.2 Å². The molecule has 0 unspecified atom stereocenters. The Labute approximate surface area is 154 Å². The summed E-state index contributed by atoms with van der Waals surface area (Å²) in [4.78, 5) is 26.8. The van der Waals surface area contributed by atoms with Gasteiger partial charge in [-0.25, -0.2) is 0 Å². The zero-order chi connectivity index (χ0) is 18.7. The Balaban J connectivity index is 1.70. The van der Waals surface area contributed by atoms with Crippen molar-refractivity contribution in [3.8, 4) is 0 Å². The lowest BCUT2D eigenvalue weighted by molar-refractivity contribution is -0.119. The second-order valence-corrected chi connectivity index (χ2v) is 7.55. The Kier molecular flexibility index (Phi) is 5.94. The summed E-state index contributed by atoms with van der Waals surface area (Å²) in [6, 6.07) is 5.33. The van der Waals surface area contributed by atoms with E-state index >= 15 is 0 Å². The first-order chi connectivity index (χ1) is 12.5. The number of amides is 2. The molecule has 1 heterocycles. The van der Waals surface area contributed by atoms with Crippen molar-refractivity contribution in [2.75, 3.05) is 25.0 Å². The molecule has 0 aromatic heterocycles. The lowest BCUT2D eigenvalue weighted by atomic mass is 9.94. The third-order valence-corrected chi connectivity index (χ3v) is 5.71. The second-order valence-electron chi connectivity index (χ2n) is 7.55. The van der Waals surface area contributed by atoms with Crippen molar-refractivity contribution in [3.63, 3.8) is 0 Å². The third kappa shape index (κ3) is 4.07. The summed E-state index contributed by atoms with van der Waals surface area (Å²) in [5.74, 6) is -0.217. The highest BCUT2D eigenvalue weighted by molar-refractivity contribution is 5.98. The average molecular weight is 360 g/mol. The Bertz CT molecular complexity index is 670. The van der Waals surface area contributed by atoms with Crippen LogP contribution in [-0.4, -0.2) is 52.7 Å². The van der Waals surface area contributed by atoms with Crippen molar-refractivity contribution in [2.24, 2.45) is 11.8 Å². The van der Waals surface area contributed by atoms with Crippen molar-refractivity contribution >= 4 is 17.5 Å². The number of likely N-dealkylation sites (tertiary alicyclic amines) is 1. The van der Waals surface area contributed by atoms with Gasteiger partial charge in [0.1, 0.15) is 0 Å². The molecule has 1 saturated carbocycles. The molecular formula is C20H28N2O4. The van der Waals surface area contributed by atoms with Crippen molar-refractivity contribution in [2.45, 2.75) is 45.1 Å². The van der Waals surface area contributed by atoms with Gasteiger partial charge < -0.3 is 20.4 Å².